The Kier molecular flexibility index (Phi) is 3.73. The summed E-state index contributed by atoms with van der Waals surface area (Å²) in [5, 5.41) is 0. The van der Waals surface area contributed by atoms with E-state index in [1.165, 1.54) is 6.33 Å². The van der Waals surface area contributed by atoms with Crippen LogP contribution in [0.2, 0.25) is 0 Å². The predicted molar refractivity (Wildman–Crippen MR) is 59.2 cm³/mol. The zero-order chi connectivity index (χ0) is 13.2. The highest BCUT2D eigenvalue weighted by atomic mass is 19.4. The van der Waals surface area contributed by atoms with Crippen LogP contribution in [-0.2, 0) is 0 Å². The van der Waals surface area contributed by atoms with Gasteiger partial charge in [-0.15, -0.1) is 0 Å². The Balaban J connectivity index is 1.87. The van der Waals surface area contributed by atoms with Crippen LogP contribution in [0.25, 0.3) is 0 Å². The van der Waals surface area contributed by atoms with Gasteiger partial charge < -0.3 is 4.74 Å². The van der Waals surface area contributed by atoms with Gasteiger partial charge in [-0.3, -0.25) is 0 Å². The first kappa shape index (κ1) is 13.1. The van der Waals surface area contributed by atoms with Crippen molar-refractivity contribution in [3.63, 3.8) is 0 Å². The molecule has 0 radical (unpaired) electrons. The van der Waals surface area contributed by atoms with Gasteiger partial charge in [0, 0.05) is 11.8 Å². The van der Waals surface area contributed by atoms with Crippen molar-refractivity contribution in [2.75, 3.05) is 0 Å². The van der Waals surface area contributed by atoms with E-state index in [9.17, 15) is 13.2 Å². The SMILES string of the molecule is Cc1cc(OC2CCC(C(F)(F)F)CC2)ncn1. The predicted octanol–water partition coefficient (Wildman–Crippen LogP) is 3.28. The van der Waals surface area contributed by atoms with E-state index in [4.69, 9.17) is 4.74 Å². The highest BCUT2D eigenvalue weighted by Gasteiger charge is 2.41. The average Bonchev–Trinajstić information content (AvgIpc) is 2.28. The van der Waals surface area contributed by atoms with E-state index in [0.717, 1.165) is 5.69 Å². The zero-order valence-corrected chi connectivity index (χ0v) is 10.1. The number of nitrogens with zero attached hydrogens (tertiary/aromatic N) is 2. The van der Waals surface area contributed by atoms with Crippen molar-refractivity contribution in [3.8, 4) is 5.88 Å². The molecule has 1 aromatic heterocycles. The number of aromatic nitrogens is 2. The van der Waals surface area contributed by atoms with E-state index in [1.54, 1.807) is 6.07 Å². The highest BCUT2D eigenvalue weighted by Crippen LogP contribution is 2.38. The number of hydrogen-bond acceptors (Lipinski definition) is 3. The van der Waals surface area contributed by atoms with Gasteiger partial charge >= 0.3 is 6.18 Å². The van der Waals surface area contributed by atoms with Gasteiger partial charge in [0.2, 0.25) is 5.88 Å². The molecule has 1 fully saturated rings. The van der Waals surface area contributed by atoms with Crippen LogP contribution in [-0.4, -0.2) is 22.2 Å². The lowest BCUT2D eigenvalue weighted by molar-refractivity contribution is -0.185. The second-order valence-corrected chi connectivity index (χ2v) is 4.63. The van der Waals surface area contributed by atoms with Crippen molar-refractivity contribution in [2.45, 2.75) is 44.9 Å². The summed E-state index contributed by atoms with van der Waals surface area (Å²) >= 11 is 0. The molecular weight excluding hydrogens is 245 g/mol. The molecule has 0 spiro atoms. The summed E-state index contributed by atoms with van der Waals surface area (Å²) in [6.45, 7) is 1.81. The third kappa shape index (κ3) is 3.34. The fourth-order valence-corrected chi connectivity index (χ4v) is 2.17. The Bertz CT molecular complexity index is 401. The molecular formula is C12H15F3N2O. The van der Waals surface area contributed by atoms with Gasteiger partial charge in [0.25, 0.3) is 0 Å². The third-order valence-electron chi connectivity index (χ3n) is 3.20. The standard InChI is InChI=1S/C12H15F3N2O/c1-8-6-11(17-7-16-8)18-10-4-2-9(3-5-10)12(13,14)15/h6-7,9-10H,2-5H2,1H3. The fraction of sp³-hybridized carbons (Fsp3) is 0.667. The lowest BCUT2D eigenvalue weighted by Crippen LogP contribution is -2.32. The molecule has 6 heteroatoms. The Morgan fingerprint density at radius 1 is 1.17 bits per heavy atom. The molecule has 0 amide bonds. The molecule has 0 unspecified atom stereocenters. The molecule has 2 rings (SSSR count). The van der Waals surface area contributed by atoms with Gasteiger partial charge in [-0.1, -0.05) is 0 Å². The molecule has 0 bridgehead atoms. The van der Waals surface area contributed by atoms with Gasteiger partial charge in [-0.25, -0.2) is 9.97 Å². The molecule has 1 aliphatic carbocycles. The van der Waals surface area contributed by atoms with E-state index >= 15 is 0 Å². The Morgan fingerprint density at radius 3 is 2.39 bits per heavy atom. The number of alkyl halides is 3. The van der Waals surface area contributed by atoms with Gasteiger partial charge in [-0.2, -0.15) is 13.2 Å². The summed E-state index contributed by atoms with van der Waals surface area (Å²) in [4.78, 5) is 7.88. The van der Waals surface area contributed by atoms with Gasteiger partial charge in [0.05, 0.1) is 5.92 Å². The van der Waals surface area contributed by atoms with Crippen LogP contribution in [0.15, 0.2) is 12.4 Å². The van der Waals surface area contributed by atoms with Crippen LogP contribution in [0, 0.1) is 12.8 Å². The molecule has 0 saturated heterocycles. The van der Waals surface area contributed by atoms with Crippen molar-refractivity contribution < 1.29 is 17.9 Å². The summed E-state index contributed by atoms with van der Waals surface area (Å²) < 4.78 is 43.0. The van der Waals surface area contributed by atoms with Crippen molar-refractivity contribution >= 4 is 0 Å². The Hall–Kier alpha value is -1.33. The minimum Gasteiger partial charge on any atom is -0.474 e. The van der Waals surface area contributed by atoms with Gasteiger partial charge in [0.1, 0.15) is 12.4 Å². The third-order valence-corrected chi connectivity index (χ3v) is 3.20. The maximum absolute atomic E-state index is 12.5. The van der Waals surface area contributed by atoms with E-state index in [-0.39, 0.29) is 18.9 Å². The quantitative estimate of drug-likeness (QED) is 0.818. The van der Waals surface area contributed by atoms with Crippen LogP contribution >= 0.6 is 0 Å². The van der Waals surface area contributed by atoms with Crippen LogP contribution in [0.5, 0.6) is 5.88 Å². The molecule has 0 atom stereocenters. The number of halogens is 3. The van der Waals surface area contributed by atoms with Crippen LogP contribution in [0.1, 0.15) is 31.4 Å². The zero-order valence-electron chi connectivity index (χ0n) is 10.1. The average molecular weight is 260 g/mol. The Morgan fingerprint density at radius 2 is 1.83 bits per heavy atom. The van der Waals surface area contributed by atoms with Gasteiger partial charge in [0.15, 0.2) is 0 Å². The summed E-state index contributed by atoms with van der Waals surface area (Å²) in [5.41, 5.74) is 0.781. The fourth-order valence-electron chi connectivity index (χ4n) is 2.17. The lowest BCUT2D eigenvalue weighted by atomic mass is 9.87. The molecule has 1 aromatic rings. The van der Waals surface area contributed by atoms with E-state index < -0.39 is 12.1 Å². The first-order valence-electron chi connectivity index (χ1n) is 5.97. The van der Waals surface area contributed by atoms with Crippen LogP contribution < -0.4 is 4.74 Å². The smallest absolute Gasteiger partial charge is 0.391 e. The van der Waals surface area contributed by atoms with E-state index in [1.807, 2.05) is 6.92 Å². The molecule has 0 aliphatic heterocycles. The molecule has 100 valence electrons. The van der Waals surface area contributed by atoms with Crippen LogP contribution in [0.3, 0.4) is 0 Å². The highest BCUT2D eigenvalue weighted by molar-refractivity contribution is 5.12. The van der Waals surface area contributed by atoms with Crippen molar-refractivity contribution in [2.24, 2.45) is 5.92 Å². The summed E-state index contributed by atoms with van der Waals surface area (Å²) in [6, 6.07) is 1.69. The second kappa shape index (κ2) is 5.12. The topological polar surface area (TPSA) is 35.0 Å². The lowest BCUT2D eigenvalue weighted by Gasteiger charge is -2.29. The molecule has 1 saturated carbocycles. The minimum absolute atomic E-state index is 0.137. The first-order valence-corrected chi connectivity index (χ1v) is 5.97. The van der Waals surface area contributed by atoms with Crippen molar-refractivity contribution in [1.29, 1.82) is 0 Å². The normalized spacial score (nSPS) is 24.9. The van der Waals surface area contributed by atoms with Gasteiger partial charge in [-0.05, 0) is 32.6 Å². The molecule has 1 aliphatic rings. The Labute approximate surface area is 103 Å². The maximum Gasteiger partial charge on any atom is 0.391 e. The minimum atomic E-state index is -4.07. The van der Waals surface area contributed by atoms with E-state index in [0.29, 0.717) is 18.7 Å². The number of aryl methyl sites for hydroxylation is 1. The van der Waals surface area contributed by atoms with Crippen molar-refractivity contribution in [1.82, 2.24) is 9.97 Å². The maximum atomic E-state index is 12.5. The molecule has 3 nitrogen and oxygen atoms in total. The molecule has 0 N–H and O–H groups in total. The largest absolute Gasteiger partial charge is 0.474 e. The monoisotopic (exact) mass is 260 g/mol. The molecule has 0 aromatic carbocycles. The second-order valence-electron chi connectivity index (χ2n) is 4.63. The van der Waals surface area contributed by atoms with Crippen LogP contribution in [0.4, 0.5) is 13.2 Å². The van der Waals surface area contributed by atoms with Crippen molar-refractivity contribution in [3.05, 3.63) is 18.1 Å². The first-order chi connectivity index (χ1) is 8.45. The molecule has 1 heterocycles. The summed E-state index contributed by atoms with van der Waals surface area (Å²) in [7, 11) is 0. The summed E-state index contributed by atoms with van der Waals surface area (Å²) in [6.07, 6.45) is -1.72. The number of ether oxygens (including phenoxy) is 1. The summed E-state index contributed by atoms with van der Waals surface area (Å²) in [5.74, 6) is -0.734. The number of rotatable bonds is 2. The number of hydrogen-bond donors (Lipinski definition) is 0. The van der Waals surface area contributed by atoms with E-state index in [2.05, 4.69) is 9.97 Å². The molecule has 18 heavy (non-hydrogen) atoms.